The number of imidazole rings is 2. The van der Waals surface area contributed by atoms with E-state index in [1.165, 1.54) is 5.56 Å². The number of hydrogen-bond donors (Lipinski definition) is 1. The van der Waals surface area contributed by atoms with Crippen LogP contribution in [0.2, 0.25) is 0 Å². The van der Waals surface area contributed by atoms with Crippen LogP contribution in [0.4, 0.5) is 0 Å². The van der Waals surface area contributed by atoms with E-state index in [0.29, 0.717) is 0 Å². The number of aryl methyl sites for hydroxylation is 2. The topological polar surface area (TPSA) is 55.7 Å². The summed E-state index contributed by atoms with van der Waals surface area (Å²) >= 11 is 0. The summed E-state index contributed by atoms with van der Waals surface area (Å²) in [4.78, 5) is 11.8. The van der Waals surface area contributed by atoms with Crippen LogP contribution in [0.5, 0.6) is 5.75 Å². The van der Waals surface area contributed by atoms with Crippen molar-refractivity contribution in [3.05, 3.63) is 53.9 Å². The van der Waals surface area contributed by atoms with Crippen molar-refractivity contribution in [2.45, 2.75) is 26.8 Å². The fourth-order valence-corrected chi connectivity index (χ4v) is 2.66. The molecule has 0 aliphatic rings. The fraction of sp³-hybridized carbons (Fsp3) is 0.294. The van der Waals surface area contributed by atoms with Crippen LogP contribution in [-0.2, 0) is 13.0 Å². The van der Waals surface area contributed by atoms with E-state index in [4.69, 9.17) is 4.74 Å². The second-order valence-electron chi connectivity index (χ2n) is 5.32. The number of rotatable bonds is 5. The zero-order valence-electron chi connectivity index (χ0n) is 13.1. The second-order valence-corrected chi connectivity index (χ2v) is 5.32. The van der Waals surface area contributed by atoms with Gasteiger partial charge in [0.25, 0.3) is 0 Å². The monoisotopic (exact) mass is 296 g/mol. The molecule has 0 unspecified atom stereocenters. The Balaban J connectivity index is 1.90. The molecule has 5 nitrogen and oxygen atoms in total. The number of aromatic nitrogens is 4. The molecule has 0 spiro atoms. The van der Waals surface area contributed by atoms with Crippen molar-refractivity contribution in [3.8, 4) is 17.1 Å². The standard InChI is InChI=1S/C17H20N4O/c1-12-13(2)16(22-3)5-4-15(12)17-19-7-9-21(17)8-6-14-10-18-11-20-14/h4-5,7,9-11H,6,8H2,1-3H3,(H,18,20). The minimum atomic E-state index is 0.852. The summed E-state index contributed by atoms with van der Waals surface area (Å²) in [7, 11) is 1.70. The SMILES string of the molecule is COc1ccc(-c2nccn2CCc2c[nH]cn2)c(C)c1C. The smallest absolute Gasteiger partial charge is 0.140 e. The molecule has 3 rings (SSSR count). The van der Waals surface area contributed by atoms with Crippen molar-refractivity contribution in [1.82, 2.24) is 19.5 Å². The lowest BCUT2D eigenvalue weighted by Crippen LogP contribution is -2.04. The molecule has 5 heteroatoms. The molecular formula is C17H20N4O. The van der Waals surface area contributed by atoms with Gasteiger partial charge in [-0.15, -0.1) is 0 Å². The van der Waals surface area contributed by atoms with Crippen LogP contribution >= 0.6 is 0 Å². The van der Waals surface area contributed by atoms with Gasteiger partial charge in [-0.25, -0.2) is 9.97 Å². The third-order valence-corrected chi connectivity index (χ3v) is 4.08. The van der Waals surface area contributed by atoms with Gasteiger partial charge in [0.15, 0.2) is 0 Å². The first-order valence-electron chi connectivity index (χ1n) is 7.34. The van der Waals surface area contributed by atoms with E-state index in [2.05, 4.69) is 39.4 Å². The summed E-state index contributed by atoms with van der Waals surface area (Å²) in [6.07, 6.45) is 8.38. The highest BCUT2D eigenvalue weighted by atomic mass is 16.5. The fourth-order valence-electron chi connectivity index (χ4n) is 2.66. The van der Waals surface area contributed by atoms with Crippen molar-refractivity contribution in [2.24, 2.45) is 0 Å². The lowest BCUT2D eigenvalue weighted by molar-refractivity contribution is 0.411. The van der Waals surface area contributed by atoms with Gasteiger partial charge in [-0.05, 0) is 37.1 Å². The first-order valence-corrected chi connectivity index (χ1v) is 7.34. The van der Waals surface area contributed by atoms with Crippen LogP contribution in [0.15, 0.2) is 37.1 Å². The summed E-state index contributed by atoms with van der Waals surface area (Å²) in [5.41, 5.74) is 4.56. The van der Waals surface area contributed by atoms with Crippen LogP contribution in [0.1, 0.15) is 16.8 Å². The number of aromatic amines is 1. The van der Waals surface area contributed by atoms with Crippen LogP contribution in [0.25, 0.3) is 11.4 Å². The van der Waals surface area contributed by atoms with E-state index < -0.39 is 0 Å². The Kier molecular flexibility index (Phi) is 3.96. The Bertz CT molecular complexity index is 759. The molecule has 0 bridgehead atoms. The molecule has 22 heavy (non-hydrogen) atoms. The van der Waals surface area contributed by atoms with E-state index in [1.807, 2.05) is 24.7 Å². The zero-order chi connectivity index (χ0) is 15.5. The summed E-state index contributed by atoms with van der Waals surface area (Å²) in [6, 6.07) is 4.08. The lowest BCUT2D eigenvalue weighted by atomic mass is 10.0. The van der Waals surface area contributed by atoms with Gasteiger partial charge in [0.2, 0.25) is 0 Å². The van der Waals surface area contributed by atoms with Crippen LogP contribution in [-0.4, -0.2) is 26.6 Å². The van der Waals surface area contributed by atoms with Crippen molar-refractivity contribution in [2.75, 3.05) is 7.11 Å². The summed E-state index contributed by atoms with van der Waals surface area (Å²) in [6.45, 7) is 5.04. The molecule has 3 aromatic rings. The second kappa shape index (κ2) is 6.05. The van der Waals surface area contributed by atoms with E-state index in [0.717, 1.165) is 41.4 Å². The van der Waals surface area contributed by atoms with E-state index in [-0.39, 0.29) is 0 Å². The Morgan fingerprint density at radius 1 is 1.18 bits per heavy atom. The third-order valence-electron chi connectivity index (χ3n) is 4.08. The first-order chi connectivity index (χ1) is 10.7. The third kappa shape index (κ3) is 2.62. The molecule has 0 aliphatic heterocycles. The Morgan fingerprint density at radius 2 is 2.05 bits per heavy atom. The number of benzene rings is 1. The molecule has 1 aromatic carbocycles. The first kappa shape index (κ1) is 14.4. The minimum absolute atomic E-state index is 0.852. The maximum absolute atomic E-state index is 5.39. The highest BCUT2D eigenvalue weighted by Gasteiger charge is 2.13. The molecule has 0 saturated carbocycles. The van der Waals surface area contributed by atoms with Crippen LogP contribution in [0, 0.1) is 13.8 Å². The molecular weight excluding hydrogens is 276 g/mol. The maximum atomic E-state index is 5.39. The van der Waals surface area contributed by atoms with E-state index in [9.17, 15) is 0 Å². The molecule has 0 aliphatic carbocycles. The summed E-state index contributed by atoms with van der Waals surface area (Å²) in [5, 5.41) is 0. The van der Waals surface area contributed by atoms with Gasteiger partial charge < -0.3 is 14.3 Å². The van der Waals surface area contributed by atoms with Gasteiger partial charge in [-0.1, -0.05) is 0 Å². The lowest BCUT2D eigenvalue weighted by Gasteiger charge is -2.13. The molecule has 2 aromatic heterocycles. The summed E-state index contributed by atoms with van der Waals surface area (Å²) in [5.74, 6) is 1.90. The highest BCUT2D eigenvalue weighted by molar-refractivity contribution is 5.64. The number of hydrogen-bond acceptors (Lipinski definition) is 3. The van der Waals surface area contributed by atoms with Gasteiger partial charge in [0, 0.05) is 37.1 Å². The number of methoxy groups -OCH3 is 1. The predicted octanol–water partition coefficient (Wildman–Crippen LogP) is 3.14. The Hall–Kier alpha value is -2.56. The van der Waals surface area contributed by atoms with E-state index >= 15 is 0 Å². The quantitative estimate of drug-likeness (QED) is 0.787. The zero-order valence-corrected chi connectivity index (χ0v) is 13.1. The van der Waals surface area contributed by atoms with Gasteiger partial charge >= 0.3 is 0 Å². The molecule has 2 heterocycles. The Morgan fingerprint density at radius 3 is 2.77 bits per heavy atom. The normalized spacial score (nSPS) is 10.9. The highest BCUT2D eigenvalue weighted by Crippen LogP contribution is 2.30. The number of nitrogens with zero attached hydrogens (tertiary/aromatic N) is 3. The predicted molar refractivity (Wildman–Crippen MR) is 86.0 cm³/mol. The van der Waals surface area contributed by atoms with Crippen molar-refractivity contribution >= 4 is 0 Å². The average molecular weight is 296 g/mol. The molecule has 0 fully saturated rings. The Labute approximate surface area is 130 Å². The molecule has 0 saturated heterocycles. The van der Waals surface area contributed by atoms with Gasteiger partial charge in [-0.3, -0.25) is 0 Å². The van der Waals surface area contributed by atoms with Crippen molar-refractivity contribution in [1.29, 1.82) is 0 Å². The van der Waals surface area contributed by atoms with Crippen molar-refractivity contribution in [3.63, 3.8) is 0 Å². The van der Waals surface area contributed by atoms with Gasteiger partial charge in [0.05, 0.1) is 19.1 Å². The molecule has 0 radical (unpaired) electrons. The largest absolute Gasteiger partial charge is 0.496 e. The van der Waals surface area contributed by atoms with Crippen molar-refractivity contribution < 1.29 is 4.74 Å². The average Bonchev–Trinajstić information content (AvgIpc) is 3.19. The number of nitrogens with one attached hydrogen (secondary N) is 1. The van der Waals surface area contributed by atoms with Gasteiger partial charge in [-0.2, -0.15) is 0 Å². The van der Waals surface area contributed by atoms with Gasteiger partial charge in [0.1, 0.15) is 11.6 Å². The molecule has 0 amide bonds. The van der Waals surface area contributed by atoms with Crippen LogP contribution in [0.3, 0.4) is 0 Å². The van der Waals surface area contributed by atoms with E-state index in [1.54, 1.807) is 13.4 Å². The maximum Gasteiger partial charge on any atom is 0.140 e. The molecule has 1 N–H and O–H groups in total. The molecule has 0 atom stereocenters. The van der Waals surface area contributed by atoms with Crippen LogP contribution < -0.4 is 4.74 Å². The number of ether oxygens (including phenoxy) is 1. The summed E-state index contributed by atoms with van der Waals surface area (Å²) < 4.78 is 7.56. The minimum Gasteiger partial charge on any atom is -0.496 e. The molecule has 114 valence electrons. The number of H-pyrrole nitrogens is 1.